The van der Waals surface area contributed by atoms with Crippen LogP contribution in [-0.4, -0.2) is 56.1 Å². The average Bonchev–Trinajstić information content (AvgIpc) is 2.87. The standard InChI is InChI=1S/C29H33ClF2N4O3S/c1-18-16-34-17-23(36(18)40(2,38)39)12-13-24-25(32)10-5-11-26(24)35-28(29(33)37)27(19-6-3-8-21(30)14-19)20-7-4-9-22(31)15-20/h3-11,14-15,18,23,27-28,34-35H,12-13,16-17H2,1-2H3,(H2,33,37)/t18-,23+,27+,28+/m1/s1. The first-order chi connectivity index (χ1) is 19.0. The fourth-order valence-corrected chi connectivity index (χ4v) is 7.20. The van der Waals surface area contributed by atoms with E-state index in [1.807, 2.05) is 6.92 Å². The van der Waals surface area contributed by atoms with Crippen LogP contribution in [0.15, 0.2) is 66.7 Å². The number of nitrogens with one attached hydrogen (secondary N) is 2. The molecule has 0 aliphatic carbocycles. The van der Waals surface area contributed by atoms with Crippen LogP contribution in [-0.2, 0) is 21.2 Å². The van der Waals surface area contributed by atoms with Gasteiger partial charge in [0, 0.05) is 47.4 Å². The van der Waals surface area contributed by atoms with Crippen molar-refractivity contribution in [2.75, 3.05) is 24.7 Å². The Hall–Kier alpha value is -3.05. The number of anilines is 1. The molecule has 11 heteroatoms. The van der Waals surface area contributed by atoms with Gasteiger partial charge in [-0.25, -0.2) is 17.2 Å². The third-order valence-corrected chi connectivity index (χ3v) is 8.87. The van der Waals surface area contributed by atoms with E-state index in [2.05, 4.69) is 10.6 Å². The number of carbonyl (C=O) groups is 1. The third-order valence-electron chi connectivity index (χ3n) is 7.21. The Morgan fingerprint density at radius 2 is 1.77 bits per heavy atom. The summed E-state index contributed by atoms with van der Waals surface area (Å²) in [5.74, 6) is -2.45. The van der Waals surface area contributed by atoms with Gasteiger partial charge in [-0.15, -0.1) is 0 Å². The van der Waals surface area contributed by atoms with Gasteiger partial charge in [-0.2, -0.15) is 4.31 Å². The topological polar surface area (TPSA) is 105 Å². The number of benzene rings is 3. The highest BCUT2D eigenvalue weighted by Gasteiger charge is 2.35. The molecule has 3 aromatic rings. The minimum Gasteiger partial charge on any atom is -0.373 e. The predicted molar refractivity (Wildman–Crippen MR) is 154 cm³/mol. The van der Waals surface area contributed by atoms with Gasteiger partial charge in [0.15, 0.2) is 0 Å². The first-order valence-corrected chi connectivity index (χ1v) is 15.2. The maximum Gasteiger partial charge on any atom is 0.240 e. The van der Waals surface area contributed by atoms with E-state index < -0.39 is 39.5 Å². The SMILES string of the molecule is C[C@@H]1CNC[C@H](CCc2c(F)cccc2N[C@H](C(N)=O)[C@H](c2cccc(F)c2)c2cccc(Cl)c2)N1S(C)(=O)=O. The number of primary amides is 1. The highest BCUT2D eigenvalue weighted by Crippen LogP contribution is 2.33. The van der Waals surface area contributed by atoms with E-state index in [1.165, 1.54) is 34.8 Å². The first-order valence-electron chi connectivity index (χ1n) is 13.0. The Balaban J connectivity index is 1.69. The molecule has 4 N–H and O–H groups in total. The molecular formula is C29H33ClF2N4O3S. The van der Waals surface area contributed by atoms with Gasteiger partial charge in [0.2, 0.25) is 15.9 Å². The van der Waals surface area contributed by atoms with E-state index in [0.29, 0.717) is 46.9 Å². The maximum absolute atomic E-state index is 15.2. The maximum atomic E-state index is 15.2. The van der Waals surface area contributed by atoms with Crippen molar-refractivity contribution in [1.29, 1.82) is 0 Å². The largest absolute Gasteiger partial charge is 0.373 e. The van der Waals surface area contributed by atoms with E-state index in [0.717, 1.165) is 0 Å². The lowest BCUT2D eigenvalue weighted by atomic mass is 9.84. The van der Waals surface area contributed by atoms with Gasteiger partial charge in [-0.05, 0) is 67.3 Å². The zero-order chi connectivity index (χ0) is 29.0. The fourth-order valence-electron chi connectivity index (χ4n) is 5.55. The number of hydrogen-bond donors (Lipinski definition) is 3. The number of nitrogens with zero attached hydrogens (tertiary/aromatic N) is 1. The predicted octanol–water partition coefficient (Wildman–Crippen LogP) is 4.27. The monoisotopic (exact) mass is 590 g/mol. The lowest BCUT2D eigenvalue weighted by Crippen LogP contribution is -2.58. The number of halogens is 3. The molecule has 1 saturated heterocycles. The molecule has 0 aromatic heterocycles. The zero-order valence-electron chi connectivity index (χ0n) is 22.3. The third kappa shape index (κ3) is 6.98. The Kier molecular flexibility index (Phi) is 9.45. The number of carbonyl (C=O) groups excluding carboxylic acids is 1. The van der Waals surface area contributed by atoms with Gasteiger partial charge >= 0.3 is 0 Å². The molecule has 0 radical (unpaired) electrons. The molecule has 4 atom stereocenters. The second kappa shape index (κ2) is 12.6. The van der Waals surface area contributed by atoms with E-state index in [9.17, 15) is 17.6 Å². The molecule has 214 valence electrons. The van der Waals surface area contributed by atoms with Gasteiger partial charge in [0.25, 0.3) is 0 Å². The van der Waals surface area contributed by atoms with Crippen molar-refractivity contribution in [3.8, 4) is 0 Å². The number of nitrogens with two attached hydrogens (primary N) is 1. The summed E-state index contributed by atoms with van der Waals surface area (Å²) in [6.45, 7) is 2.80. The molecule has 0 spiro atoms. The Morgan fingerprint density at radius 1 is 1.10 bits per heavy atom. The summed E-state index contributed by atoms with van der Waals surface area (Å²) < 4.78 is 56.0. The second-order valence-corrected chi connectivity index (χ2v) is 12.5. The van der Waals surface area contributed by atoms with Crippen LogP contribution in [0.3, 0.4) is 0 Å². The van der Waals surface area contributed by atoms with E-state index in [1.54, 1.807) is 42.5 Å². The van der Waals surface area contributed by atoms with Crippen LogP contribution in [0.4, 0.5) is 14.5 Å². The molecule has 4 rings (SSSR count). The molecule has 1 amide bonds. The van der Waals surface area contributed by atoms with Crippen molar-refractivity contribution in [2.45, 2.75) is 43.8 Å². The lowest BCUT2D eigenvalue weighted by Gasteiger charge is -2.39. The minimum atomic E-state index is -3.48. The van der Waals surface area contributed by atoms with Crippen LogP contribution >= 0.6 is 11.6 Å². The Labute approximate surface area is 238 Å². The van der Waals surface area contributed by atoms with Crippen LogP contribution < -0.4 is 16.4 Å². The normalized spacial score (nSPS) is 19.6. The van der Waals surface area contributed by atoms with Gasteiger partial charge in [-0.1, -0.05) is 41.9 Å². The van der Waals surface area contributed by atoms with Crippen LogP contribution in [0.5, 0.6) is 0 Å². The van der Waals surface area contributed by atoms with Crippen LogP contribution in [0, 0.1) is 11.6 Å². The molecule has 1 fully saturated rings. The number of hydrogen-bond acceptors (Lipinski definition) is 5. The number of amides is 1. The highest BCUT2D eigenvalue weighted by molar-refractivity contribution is 7.88. The molecule has 7 nitrogen and oxygen atoms in total. The van der Waals surface area contributed by atoms with E-state index in [-0.39, 0.29) is 18.5 Å². The Morgan fingerprint density at radius 3 is 2.42 bits per heavy atom. The summed E-state index contributed by atoms with van der Waals surface area (Å²) in [5, 5.41) is 6.81. The summed E-state index contributed by atoms with van der Waals surface area (Å²) >= 11 is 6.26. The molecule has 1 aliphatic rings. The molecule has 40 heavy (non-hydrogen) atoms. The van der Waals surface area contributed by atoms with Gasteiger partial charge in [0.1, 0.15) is 17.7 Å². The number of piperazine rings is 1. The summed E-state index contributed by atoms with van der Waals surface area (Å²) in [7, 11) is -3.48. The van der Waals surface area contributed by atoms with Crippen molar-refractivity contribution in [3.63, 3.8) is 0 Å². The molecule has 3 aromatic carbocycles. The Bertz CT molecular complexity index is 1430. The van der Waals surface area contributed by atoms with Crippen molar-refractivity contribution in [3.05, 3.63) is 100 Å². The van der Waals surface area contributed by atoms with E-state index >= 15 is 4.39 Å². The summed E-state index contributed by atoms with van der Waals surface area (Å²) in [6.07, 6.45) is 1.73. The van der Waals surface area contributed by atoms with Gasteiger partial charge in [-0.3, -0.25) is 4.79 Å². The molecule has 1 heterocycles. The molecule has 0 saturated carbocycles. The molecule has 0 unspecified atom stereocenters. The zero-order valence-corrected chi connectivity index (χ0v) is 23.9. The smallest absolute Gasteiger partial charge is 0.240 e. The minimum absolute atomic E-state index is 0.202. The van der Waals surface area contributed by atoms with Crippen LogP contribution in [0.2, 0.25) is 5.02 Å². The molecular weight excluding hydrogens is 558 g/mol. The lowest BCUT2D eigenvalue weighted by molar-refractivity contribution is -0.119. The number of sulfonamides is 1. The summed E-state index contributed by atoms with van der Waals surface area (Å²) in [6, 6.07) is 15.5. The first kappa shape index (κ1) is 29.9. The second-order valence-electron chi connectivity index (χ2n) is 10.2. The van der Waals surface area contributed by atoms with Crippen molar-refractivity contribution >= 4 is 33.2 Å². The van der Waals surface area contributed by atoms with Crippen molar-refractivity contribution in [1.82, 2.24) is 9.62 Å². The highest BCUT2D eigenvalue weighted by atomic mass is 35.5. The van der Waals surface area contributed by atoms with E-state index in [4.69, 9.17) is 17.3 Å². The number of rotatable bonds is 10. The fraction of sp³-hybridized carbons (Fsp3) is 0.345. The molecule has 0 bridgehead atoms. The average molecular weight is 591 g/mol. The van der Waals surface area contributed by atoms with Gasteiger partial charge in [0.05, 0.1) is 6.26 Å². The van der Waals surface area contributed by atoms with Crippen LogP contribution in [0.25, 0.3) is 0 Å². The summed E-state index contributed by atoms with van der Waals surface area (Å²) in [4.78, 5) is 12.9. The van der Waals surface area contributed by atoms with Crippen LogP contribution in [0.1, 0.15) is 36.0 Å². The van der Waals surface area contributed by atoms with Crippen molar-refractivity contribution < 1.29 is 22.0 Å². The van der Waals surface area contributed by atoms with Crippen molar-refractivity contribution in [2.24, 2.45) is 5.73 Å². The quantitative estimate of drug-likeness (QED) is 0.327. The molecule has 1 aliphatic heterocycles. The summed E-state index contributed by atoms with van der Waals surface area (Å²) in [5.41, 5.74) is 7.64. The van der Waals surface area contributed by atoms with Gasteiger partial charge < -0.3 is 16.4 Å².